The van der Waals surface area contributed by atoms with Gasteiger partial charge in [0.25, 0.3) is 6.16 Å². The average Bonchev–Trinajstić information content (AvgIpc) is 2.43. The van der Waals surface area contributed by atoms with Gasteiger partial charge in [0.05, 0.1) is 24.0 Å². The normalized spacial score (nSPS) is 13.8. The number of alkyl halides is 3. The van der Waals surface area contributed by atoms with E-state index < -0.39 is 48.3 Å². The first-order valence-electron chi connectivity index (χ1n) is 7.61. The topological polar surface area (TPSA) is 102 Å². The van der Waals surface area contributed by atoms with Crippen molar-refractivity contribution < 1.29 is 98.3 Å². The first-order chi connectivity index (χ1) is 11.3. The molecule has 0 aliphatic rings. The van der Waals surface area contributed by atoms with Crippen LogP contribution in [-0.4, -0.2) is 43.6 Å². The first kappa shape index (κ1) is 27.9. The molecule has 0 aromatic heterocycles. The summed E-state index contributed by atoms with van der Waals surface area (Å²) in [6.45, 7) is 3.48. The molecule has 0 aliphatic carbocycles. The van der Waals surface area contributed by atoms with E-state index in [-0.39, 0.29) is 58.0 Å². The van der Waals surface area contributed by atoms with E-state index in [1.807, 2.05) is 6.92 Å². The maximum Gasteiger partial charge on any atom is 1.00 e. The van der Waals surface area contributed by atoms with Crippen LogP contribution in [0.4, 0.5) is 18.0 Å². The van der Waals surface area contributed by atoms with Crippen LogP contribution in [0.5, 0.6) is 0 Å². The maximum absolute atomic E-state index is 12.2. The van der Waals surface area contributed by atoms with Gasteiger partial charge in [0, 0.05) is 0 Å². The molecule has 0 amide bonds. The fourth-order valence-electron chi connectivity index (χ4n) is 2.16. The zero-order valence-corrected chi connectivity index (χ0v) is 18.6. The van der Waals surface area contributed by atoms with Gasteiger partial charge in [0.2, 0.25) is 0 Å². The summed E-state index contributed by atoms with van der Waals surface area (Å²) < 4.78 is 50.2. The van der Waals surface area contributed by atoms with E-state index >= 15 is 0 Å². The molecule has 11 heteroatoms. The Hall–Kier alpha value is -0.364. The van der Waals surface area contributed by atoms with Gasteiger partial charge in [-0.25, -0.2) is 0 Å². The summed E-state index contributed by atoms with van der Waals surface area (Å²) >= 11 is 0. The van der Waals surface area contributed by atoms with Gasteiger partial charge in [0.15, 0.2) is 6.61 Å². The Morgan fingerprint density at radius 1 is 1.12 bits per heavy atom. The van der Waals surface area contributed by atoms with Crippen molar-refractivity contribution in [3.05, 3.63) is 0 Å². The van der Waals surface area contributed by atoms with Crippen molar-refractivity contribution >= 4 is 18.1 Å². The minimum absolute atomic E-state index is 0. The molecule has 7 nitrogen and oxygen atoms in total. The van der Waals surface area contributed by atoms with E-state index in [4.69, 9.17) is 4.74 Å². The number of esters is 2. The Morgan fingerprint density at radius 2 is 1.65 bits per heavy atom. The summed E-state index contributed by atoms with van der Waals surface area (Å²) in [5.41, 5.74) is -1.83. The van der Waals surface area contributed by atoms with Crippen molar-refractivity contribution in [1.29, 1.82) is 0 Å². The molecule has 26 heavy (non-hydrogen) atoms. The second kappa shape index (κ2) is 12.2. The quantitative estimate of drug-likeness (QED) is 0.204. The third-order valence-electron chi connectivity index (χ3n) is 3.42. The third kappa shape index (κ3) is 10.1. The molecular weight excluding hydrogens is 388 g/mol. The fourth-order valence-corrected chi connectivity index (χ4v) is 2.16. The number of carbonyl (C=O) groups is 3. The molecular formula is C15H22F3KO7. The molecule has 2 unspecified atom stereocenters. The standard InChI is InChI=1S/C15H23F3O7.K/c1-5-6-7-23-11(19)10(9(2)25-13(21)22)14(3,4)12(20)24-8-15(16,17)18;/h9-10H,5-8H2,1-4H3,(H,21,22);/q;+1/p-1. The van der Waals surface area contributed by atoms with Gasteiger partial charge in [-0.15, -0.1) is 0 Å². The van der Waals surface area contributed by atoms with Crippen molar-refractivity contribution in [2.45, 2.75) is 52.8 Å². The third-order valence-corrected chi connectivity index (χ3v) is 3.42. The van der Waals surface area contributed by atoms with Crippen LogP contribution in [0.1, 0.15) is 40.5 Å². The van der Waals surface area contributed by atoms with Crippen LogP contribution >= 0.6 is 0 Å². The summed E-state index contributed by atoms with van der Waals surface area (Å²) in [6.07, 6.45) is -6.85. The number of halogens is 3. The van der Waals surface area contributed by atoms with Gasteiger partial charge in [-0.3, -0.25) is 9.59 Å². The smallest absolute Gasteiger partial charge is 0.546 e. The molecule has 0 rings (SSSR count). The van der Waals surface area contributed by atoms with Gasteiger partial charge < -0.3 is 24.1 Å². The predicted molar refractivity (Wildman–Crippen MR) is 76.1 cm³/mol. The van der Waals surface area contributed by atoms with Crippen LogP contribution in [0, 0.1) is 11.3 Å². The molecule has 0 spiro atoms. The molecule has 2 atom stereocenters. The van der Waals surface area contributed by atoms with Crippen LogP contribution < -0.4 is 56.5 Å². The van der Waals surface area contributed by atoms with Gasteiger partial charge in [-0.2, -0.15) is 13.2 Å². The molecule has 146 valence electrons. The number of hydrogen-bond acceptors (Lipinski definition) is 7. The zero-order chi connectivity index (χ0) is 19.8. The average molecular weight is 410 g/mol. The summed E-state index contributed by atoms with van der Waals surface area (Å²) in [6, 6.07) is 0. The molecule has 0 saturated heterocycles. The van der Waals surface area contributed by atoms with Crippen LogP contribution in [0.2, 0.25) is 0 Å². The summed E-state index contributed by atoms with van der Waals surface area (Å²) in [5, 5.41) is 10.6. The number of rotatable bonds is 9. The molecule has 0 aromatic rings. The van der Waals surface area contributed by atoms with Crippen molar-refractivity contribution in [2.24, 2.45) is 11.3 Å². The Labute approximate surface area is 192 Å². The minimum Gasteiger partial charge on any atom is -0.546 e. The summed E-state index contributed by atoms with van der Waals surface area (Å²) in [5.74, 6) is -3.82. The number of carbonyl (C=O) groups excluding carboxylic acids is 3. The van der Waals surface area contributed by atoms with Gasteiger partial charge in [-0.05, 0) is 27.2 Å². The predicted octanol–water partition coefficient (Wildman–Crippen LogP) is -1.17. The van der Waals surface area contributed by atoms with Crippen molar-refractivity contribution in [3.63, 3.8) is 0 Å². The maximum atomic E-state index is 12.2. The molecule has 0 saturated carbocycles. The monoisotopic (exact) mass is 410 g/mol. The summed E-state index contributed by atoms with van der Waals surface area (Å²) in [4.78, 5) is 34.9. The number of hydrogen-bond donors (Lipinski definition) is 0. The Kier molecular flexibility index (Phi) is 13.0. The molecule has 0 N–H and O–H groups in total. The molecule has 0 bridgehead atoms. The second-order valence-corrected chi connectivity index (χ2v) is 5.98. The van der Waals surface area contributed by atoms with Crippen LogP contribution in [0.3, 0.4) is 0 Å². The number of unbranched alkanes of at least 4 members (excludes halogenated alkanes) is 1. The van der Waals surface area contributed by atoms with Crippen molar-refractivity contribution in [3.8, 4) is 0 Å². The Morgan fingerprint density at radius 3 is 2.08 bits per heavy atom. The summed E-state index contributed by atoms with van der Waals surface area (Å²) in [7, 11) is 0. The number of ether oxygens (including phenoxy) is 3. The SMILES string of the molecule is CCCCOC(=O)C(C(C)OC(=O)[O-])C(C)(C)C(=O)OCC(F)(F)F.[K+]. The van der Waals surface area contributed by atoms with Crippen LogP contribution in [0.15, 0.2) is 0 Å². The van der Waals surface area contributed by atoms with Gasteiger partial charge in [-0.1, -0.05) is 13.3 Å². The minimum atomic E-state index is -4.74. The van der Waals surface area contributed by atoms with Gasteiger partial charge >= 0.3 is 69.5 Å². The molecule has 0 fully saturated rings. The van der Waals surface area contributed by atoms with E-state index in [0.717, 1.165) is 13.8 Å². The van der Waals surface area contributed by atoms with Crippen LogP contribution in [0.25, 0.3) is 0 Å². The van der Waals surface area contributed by atoms with Crippen LogP contribution in [-0.2, 0) is 23.8 Å². The van der Waals surface area contributed by atoms with E-state index in [1.165, 1.54) is 6.92 Å². The second-order valence-electron chi connectivity index (χ2n) is 5.98. The van der Waals surface area contributed by atoms with E-state index in [1.54, 1.807) is 0 Å². The van der Waals surface area contributed by atoms with Crippen molar-refractivity contribution in [2.75, 3.05) is 13.2 Å². The Balaban J connectivity index is 0. The number of carboxylic acid groups (broad SMARTS) is 1. The zero-order valence-electron chi connectivity index (χ0n) is 15.5. The van der Waals surface area contributed by atoms with Gasteiger partial charge in [0.1, 0.15) is 0 Å². The van der Waals surface area contributed by atoms with Crippen molar-refractivity contribution in [1.82, 2.24) is 0 Å². The van der Waals surface area contributed by atoms with E-state index in [2.05, 4.69) is 9.47 Å². The molecule has 0 radical (unpaired) electrons. The molecule has 0 aliphatic heterocycles. The first-order valence-corrected chi connectivity index (χ1v) is 7.61. The van der Waals surface area contributed by atoms with E-state index in [0.29, 0.717) is 12.8 Å². The molecule has 0 heterocycles. The largest absolute Gasteiger partial charge is 1.00 e. The van der Waals surface area contributed by atoms with E-state index in [9.17, 15) is 32.7 Å². The Bertz CT molecular complexity index is 480. The fraction of sp³-hybridized carbons (Fsp3) is 0.800. The molecule has 0 aromatic carbocycles.